The van der Waals surface area contributed by atoms with Crippen LogP contribution in [-0.4, -0.2) is 26.4 Å². The number of hydrogen-bond donors (Lipinski definition) is 2. The molecule has 0 unspecified atom stereocenters. The summed E-state index contributed by atoms with van der Waals surface area (Å²) in [6.45, 7) is 3.87. The number of ether oxygens (including phenoxy) is 1. The molecule has 3 rings (SSSR count). The maximum atomic E-state index is 12.9. The number of carbonyl (C=O) groups is 1. The molecule has 0 saturated heterocycles. The Morgan fingerprint density at radius 3 is 2.40 bits per heavy atom. The van der Waals surface area contributed by atoms with Crippen molar-refractivity contribution in [3.8, 4) is 5.75 Å². The molecule has 30 heavy (non-hydrogen) atoms. The van der Waals surface area contributed by atoms with Crippen LogP contribution in [0, 0.1) is 13.8 Å². The van der Waals surface area contributed by atoms with Crippen molar-refractivity contribution in [2.75, 3.05) is 11.8 Å². The Morgan fingerprint density at radius 2 is 1.77 bits per heavy atom. The Kier molecular flexibility index (Phi) is 6.37. The third kappa shape index (κ3) is 5.15. The van der Waals surface area contributed by atoms with Crippen molar-refractivity contribution >= 4 is 21.6 Å². The van der Waals surface area contributed by atoms with Crippen molar-refractivity contribution < 1.29 is 17.9 Å². The van der Waals surface area contributed by atoms with Crippen LogP contribution in [0.3, 0.4) is 0 Å². The standard InChI is InChI=1S/C22H23N3O4S/c1-15-4-7-18(22(26)24-14-17-6-5-16(2)23-13-17)12-21(15)30(27,28)25-19-8-10-20(29-3)11-9-19/h4-13,25H,14H2,1-3H3,(H,24,26). The third-order valence-electron chi connectivity index (χ3n) is 4.51. The lowest BCUT2D eigenvalue weighted by Gasteiger charge is -2.13. The molecule has 0 radical (unpaired) electrons. The molecular formula is C22H23N3O4S. The van der Waals surface area contributed by atoms with Crippen molar-refractivity contribution in [1.29, 1.82) is 0 Å². The second-order valence-electron chi connectivity index (χ2n) is 6.80. The molecule has 156 valence electrons. The van der Waals surface area contributed by atoms with Gasteiger partial charge in [0.05, 0.1) is 12.0 Å². The number of aryl methyl sites for hydroxylation is 2. The molecule has 3 aromatic rings. The van der Waals surface area contributed by atoms with Crippen molar-refractivity contribution in [1.82, 2.24) is 10.3 Å². The van der Waals surface area contributed by atoms with Gasteiger partial charge in [-0.25, -0.2) is 8.42 Å². The fraction of sp³-hybridized carbons (Fsp3) is 0.182. The number of methoxy groups -OCH3 is 1. The van der Waals surface area contributed by atoms with Gasteiger partial charge in [0, 0.05) is 29.7 Å². The zero-order valence-electron chi connectivity index (χ0n) is 17.0. The van der Waals surface area contributed by atoms with Gasteiger partial charge in [0.25, 0.3) is 15.9 Å². The molecule has 2 N–H and O–H groups in total. The summed E-state index contributed by atoms with van der Waals surface area (Å²) in [5.74, 6) is 0.257. The summed E-state index contributed by atoms with van der Waals surface area (Å²) in [6.07, 6.45) is 1.69. The maximum Gasteiger partial charge on any atom is 0.262 e. The van der Waals surface area contributed by atoms with E-state index in [-0.39, 0.29) is 16.4 Å². The highest BCUT2D eigenvalue weighted by Crippen LogP contribution is 2.22. The lowest BCUT2D eigenvalue weighted by atomic mass is 10.1. The Bertz CT molecular complexity index is 1140. The molecule has 1 heterocycles. The first-order valence-corrected chi connectivity index (χ1v) is 10.7. The van der Waals surface area contributed by atoms with Gasteiger partial charge in [-0.15, -0.1) is 0 Å². The monoisotopic (exact) mass is 425 g/mol. The van der Waals surface area contributed by atoms with Crippen LogP contribution in [0.25, 0.3) is 0 Å². The molecule has 2 aromatic carbocycles. The number of aromatic nitrogens is 1. The third-order valence-corrected chi connectivity index (χ3v) is 6.03. The van der Waals surface area contributed by atoms with E-state index in [1.807, 2.05) is 19.1 Å². The molecule has 0 bridgehead atoms. The van der Waals surface area contributed by atoms with Gasteiger partial charge in [-0.1, -0.05) is 12.1 Å². The van der Waals surface area contributed by atoms with E-state index in [9.17, 15) is 13.2 Å². The average Bonchev–Trinajstić information content (AvgIpc) is 2.73. The average molecular weight is 426 g/mol. The summed E-state index contributed by atoms with van der Waals surface area (Å²) in [4.78, 5) is 16.8. The van der Waals surface area contributed by atoms with Gasteiger partial charge >= 0.3 is 0 Å². The lowest BCUT2D eigenvalue weighted by Crippen LogP contribution is -2.23. The highest BCUT2D eigenvalue weighted by molar-refractivity contribution is 7.92. The summed E-state index contributed by atoms with van der Waals surface area (Å²) in [5.41, 5.74) is 2.95. The number of anilines is 1. The lowest BCUT2D eigenvalue weighted by molar-refractivity contribution is 0.0950. The SMILES string of the molecule is COc1ccc(NS(=O)(=O)c2cc(C(=O)NCc3ccc(C)nc3)ccc2C)cc1. The molecular weight excluding hydrogens is 402 g/mol. The number of carbonyl (C=O) groups excluding carboxylic acids is 1. The number of nitrogens with one attached hydrogen (secondary N) is 2. The predicted molar refractivity (Wildman–Crippen MR) is 115 cm³/mol. The van der Waals surface area contributed by atoms with Crippen LogP contribution < -0.4 is 14.8 Å². The second kappa shape index (κ2) is 8.96. The highest BCUT2D eigenvalue weighted by Gasteiger charge is 2.19. The molecule has 0 spiro atoms. The van der Waals surface area contributed by atoms with E-state index in [0.29, 0.717) is 23.5 Å². The van der Waals surface area contributed by atoms with Crippen LogP contribution in [0.15, 0.2) is 65.7 Å². The molecule has 8 heteroatoms. The molecule has 0 aliphatic carbocycles. The molecule has 1 amide bonds. The largest absolute Gasteiger partial charge is 0.497 e. The Labute approximate surface area is 176 Å². The minimum Gasteiger partial charge on any atom is -0.497 e. The molecule has 0 aliphatic heterocycles. The normalized spacial score (nSPS) is 11.0. The Hall–Kier alpha value is -3.39. The number of sulfonamides is 1. The number of benzene rings is 2. The zero-order chi connectivity index (χ0) is 21.7. The van der Waals surface area contributed by atoms with Crippen LogP contribution in [0.2, 0.25) is 0 Å². The first-order chi connectivity index (χ1) is 14.3. The number of hydrogen-bond acceptors (Lipinski definition) is 5. The fourth-order valence-corrected chi connectivity index (χ4v) is 4.12. The van der Waals surface area contributed by atoms with E-state index in [1.165, 1.54) is 13.2 Å². The van der Waals surface area contributed by atoms with Gasteiger partial charge in [0.2, 0.25) is 0 Å². The number of amides is 1. The summed E-state index contributed by atoms with van der Waals surface area (Å²) >= 11 is 0. The molecule has 0 atom stereocenters. The van der Waals surface area contributed by atoms with Crippen LogP contribution >= 0.6 is 0 Å². The Morgan fingerprint density at radius 1 is 1.03 bits per heavy atom. The minimum atomic E-state index is -3.87. The van der Waals surface area contributed by atoms with Gasteiger partial charge in [0.1, 0.15) is 5.75 Å². The molecule has 0 aliphatic rings. The zero-order valence-corrected chi connectivity index (χ0v) is 17.8. The first kappa shape index (κ1) is 21.3. The minimum absolute atomic E-state index is 0.0444. The first-order valence-electron chi connectivity index (χ1n) is 9.26. The Balaban J connectivity index is 1.77. The van der Waals surface area contributed by atoms with Gasteiger partial charge in [0.15, 0.2) is 0 Å². The summed E-state index contributed by atoms with van der Waals surface area (Å²) < 4.78 is 33.4. The van der Waals surface area contributed by atoms with Gasteiger partial charge in [-0.2, -0.15) is 0 Å². The van der Waals surface area contributed by atoms with Crippen molar-refractivity contribution in [2.24, 2.45) is 0 Å². The fourth-order valence-electron chi connectivity index (χ4n) is 2.79. The molecule has 0 saturated carbocycles. The van der Waals surface area contributed by atoms with Gasteiger partial charge < -0.3 is 10.1 Å². The van der Waals surface area contributed by atoms with Crippen molar-refractivity contribution in [3.63, 3.8) is 0 Å². The molecule has 7 nitrogen and oxygen atoms in total. The van der Waals surface area contributed by atoms with E-state index >= 15 is 0 Å². The second-order valence-corrected chi connectivity index (χ2v) is 8.46. The highest BCUT2D eigenvalue weighted by atomic mass is 32.2. The topological polar surface area (TPSA) is 97.4 Å². The van der Waals surface area contributed by atoms with Crippen LogP contribution in [0.5, 0.6) is 5.75 Å². The quantitative estimate of drug-likeness (QED) is 0.604. The van der Waals surface area contributed by atoms with E-state index in [0.717, 1.165) is 11.3 Å². The molecule has 1 aromatic heterocycles. The summed E-state index contributed by atoms with van der Waals surface area (Å²) in [6, 6.07) is 14.9. The van der Waals surface area contributed by atoms with E-state index < -0.39 is 10.0 Å². The maximum absolute atomic E-state index is 12.9. The van der Waals surface area contributed by atoms with Gasteiger partial charge in [-0.3, -0.25) is 14.5 Å². The van der Waals surface area contributed by atoms with Crippen LogP contribution in [0.4, 0.5) is 5.69 Å². The van der Waals surface area contributed by atoms with E-state index in [2.05, 4.69) is 15.0 Å². The number of rotatable bonds is 7. The van der Waals surface area contributed by atoms with Crippen molar-refractivity contribution in [3.05, 3.63) is 83.2 Å². The summed E-state index contributed by atoms with van der Waals surface area (Å²) in [7, 11) is -2.34. The number of nitrogens with zero attached hydrogens (tertiary/aromatic N) is 1. The van der Waals surface area contributed by atoms with Crippen LogP contribution in [0.1, 0.15) is 27.2 Å². The molecule has 0 fully saturated rings. The predicted octanol–water partition coefficient (Wildman–Crippen LogP) is 3.44. The van der Waals surface area contributed by atoms with E-state index in [4.69, 9.17) is 4.74 Å². The van der Waals surface area contributed by atoms with E-state index in [1.54, 1.807) is 49.5 Å². The smallest absolute Gasteiger partial charge is 0.262 e. The van der Waals surface area contributed by atoms with Crippen molar-refractivity contribution in [2.45, 2.75) is 25.3 Å². The van der Waals surface area contributed by atoms with Gasteiger partial charge in [-0.05, 0) is 67.4 Å². The number of pyridine rings is 1. The summed E-state index contributed by atoms with van der Waals surface area (Å²) in [5, 5.41) is 2.79. The van der Waals surface area contributed by atoms with Crippen LogP contribution in [-0.2, 0) is 16.6 Å².